The van der Waals surface area contributed by atoms with Crippen LogP contribution in [0, 0.1) is 15.9 Å². The number of nitrogens with zero attached hydrogens (tertiary/aromatic N) is 4. The summed E-state index contributed by atoms with van der Waals surface area (Å²) in [5.74, 6) is -0.910. The van der Waals surface area contributed by atoms with Crippen LogP contribution >= 0.6 is 0 Å². The molecule has 0 N–H and O–H groups in total. The highest BCUT2D eigenvalue weighted by molar-refractivity contribution is 6.00. The van der Waals surface area contributed by atoms with Gasteiger partial charge in [-0.05, 0) is 44.0 Å². The van der Waals surface area contributed by atoms with Crippen LogP contribution in [0.1, 0.15) is 40.5 Å². The van der Waals surface area contributed by atoms with E-state index in [0.717, 1.165) is 31.6 Å². The van der Waals surface area contributed by atoms with Gasteiger partial charge in [-0.1, -0.05) is 0 Å². The van der Waals surface area contributed by atoms with Gasteiger partial charge < -0.3 is 14.7 Å². The van der Waals surface area contributed by atoms with Crippen molar-refractivity contribution in [2.75, 3.05) is 49.1 Å². The molecule has 9 heteroatoms. The molecule has 0 bridgehead atoms. The Morgan fingerprint density at radius 3 is 2.12 bits per heavy atom. The number of nitro benzene ring substituents is 1. The third-order valence-corrected chi connectivity index (χ3v) is 6.13. The fourth-order valence-electron chi connectivity index (χ4n) is 4.35. The quantitative estimate of drug-likeness (QED) is 0.402. The van der Waals surface area contributed by atoms with E-state index in [2.05, 4.69) is 4.90 Å². The maximum atomic E-state index is 14.5. The van der Waals surface area contributed by atoms with E-state index in [4.69, 9.17) is 0 Å². The summed E-state index contributed by atoms with van der Waals surface area (Å²) >= 11 is 0. The highest BCUT2D eigenvalue weighted by Crippen LogP contribution is 2.30. The lowest BCUT2D eigenvalue weighted by Crippen LogP contribution is -2.49. The largest absolute Gasteiger partial charge is 0.371 e. The molecule has 2 aliphatic rings. The smallest absolute Gasteiger partial charge is 0.270 e. The second kappa shape index (κ2) is 8.94. The standard InChI is InChI=1S/C23H25FN4O4/c1-16(29)17-4-6-22(20(24)14-17)26-10-12-27(13-11-26)23(30)19-15-18(28(31)32)5-7-21(19)25-8-2-3-9-25/h4-7,14-15H,2-3,8-13H2,1H3. The van der Waals surface area contributed by atoms with Gasteiger partial charge in [-0.2, -0.15) is 0 Å². The number of halogens is 1. The van der Waals surface area contributed by atoms with E-state index in [1.165, 1.54) is 25.1 Å². The van der Waals surface area contributed by atoms with Crippen LogP contribution < -0.4 is 9.80 Å². The summed E-state index contributed by atoms with van der Waals surface area (Å²) in [6.07, 6.45) is 2.05. The number of piperazine rings is 1. The van der Waals surface area contributed by atoms with E-state index in [1.807, 2.05) is 4.90 Å². The van der Waals surface area contributed by atoms with Gasteiger partial charge in [0.15, 0.2) is 5.78 Å². The third-order valence-electron chi connectivity index (χ3n) is 6.13. The summed E-state index contributed by atoms with van der Waals surface area (Å²) in [6.45, 7) is 4.63. The average molecular weight is 440 g/mol. The number of Topliss-reactive ketones (excluding diaryl/α,β-unsaturated/α-hetero) is 1. The molecule has 2 fully saturated rings. The Kier molecular flexibility index (Phi) is 6.07. The molecule has 0 radical (unpaired) electrons. The lowest BCUT2D eigenvalue weighted by atomic mass is 10.1. The van der Waals surface area contributed by atoms with Gasteiger partial charge in [-0.15, -0.1) is 0 Å². The number of carbonyl (C=O) groups is 2. The molecule has 0 atom stereocenters. The van der Waals surface area contributed by atoms with Crippen LogP contribution in [-0.4, -0.2) is 60.8 Å². The number of nitro groups is 1. The Hall–Kier alpha value is -3.49. The van der Waals surface area contributed by atoms with Crippen LogP contribution in [0.3, 0.4) is 0 Å². The highest BCUT2D eigenvalue weighted by atomic mass is 19.1. The van der Waals surface area contributed by atoms with Gasteiger partial charge in [0.25, 0.3) is 11.6 Å². The molecule has 0 saturated carbocycles. The molecule has 2 saturated heterocycles. The number of anilines is 2. The molecule has 2 aromatic carbocycles. The first-order chi connectivity index (χ1) is 15.3. The molecule has 168 valence electrons. The first-order valence-electron chi connectivity index (χ1n) is 10.7. The minimum absolute atomic E-state index is 0.109. The first kappa shape index (κ1) is 21.7. The molecular formula is C23H25FN4O4. The number of hydrogen-bond acceptors (Lipinski definition) is 6. The number of rotatable bonds is 5. The monoisotopic (exact) mass is 440 g/mol. The molecule has 2 heterocycles. The molecule has 1 amide bonds. The molecule has 2 aromatic rings. The van der Waals surface area contributed by atoms with Crippen molar-refractivity contribution in [1.82, 2.24) is 4.90 Å². The summed E-state index contributed by atoms with van der Waals surface area (Å²) in [5.41, 5.74) is 1.68. The summed E-state index contributed by atoms with van der Waals surface area (Å²) in [5, 5.41) is 11.3. The van der Waals surface area contributed by atoms with E-state index in [9.17, 15) is 24.1 Å². The molecule has 8 nitrogen and oxygen atoms in total. The summed E-state index contributed by atoms with van der Waals surface area (Å²) in [6, 6.07) is 8.90. The topological polar surface area (TPSA) is 87.0 Å². The molecule has 0 spiro atoms. The van der Waals surface area contributed by atoms with Gasteiger partial charge in [0, 0.05) is 57.0 Å². The zero-order valence-electron chi connectivity index (χ0n) is 17.9. The maximum absolute atomic E-state index is 14.5. The van der Waals surface area contributed by atoms with Crippen molar-refractivity contribution >= 4 is 28.8 Å². The third kappa shape index (κ3) is 4.28. The number of carbonyl (C=O) groups excluding carboxylic acids is 2. The predicted molar refractivity (Wildman–Crippen MR) is 119 cm³/mol. The van der Waals surface area contributed by atoms with Gasteiger partial charge in [-0.3, -0.25) is 19.7 Å². The lowest BCUT2D eigenvalue weighted by molar-refractivity contribution is -0.384. The fraction of sp³-hybridized carbons (Fsp3) is 0.391. The summed E-state index contributed by atoms with van der Waals surface area (Å²) < 4.78 is 14.5. The zero-order valence-corrected chi connectivity index (χ0v) is 17.9. The number of ketones is 1. The summed E-state index contributed by atoms with van der Waals surface area (Å²) in [4.78, 5) is 41.2. The minimum Gasteiger partial charge on any atom is -0.371 e. The van der Waals surface area contributed by atoms with Crippen LogP contribution in [0.2, 0.25) is 0 Å². The van der Waals surface area contributed by atoms with Crippen molar-refractivity contribution in [3.8, 4) is 0 Å². The van der Waals surface area contributed by atoms with Gasteiger partial charge >= 0.3 is 0 Å². The SMILES string of the molecule is CC(=O)c1ccc(N2CCN(C(=O)c3cc([N+](=O)[O-])ccc3N3CCCC3)CC2)c(F)c1. The van der Waals surface area contributed by atoms with E-state index in [0.29, 0.717) is 43.0 Å². The van der Waals surface area contributed by atoms with Crippen LogP contribution in [0.25, 0.3) is 0 Å². The van der Waals surface area contributed by atoms with E-state index >= 15 is 0 Å². The second-order valence-corrected chi connectivity index (χ2v) is 8.15. The molecule has 32 heavy (non-hydrogen) atoms. The Morgan fingerprint density at radius 2 is 1.53 bits per heavy atom. The van der Waals surface area contributed by atoms with E-state index in [-0.39, 0.29) is 17.4 Å². The number of hydrogen-bond donors (Lipinski definition) is 0. The first-order valence-corrected chi connectivity index (χ1v) is 10.7. The molecule has 0 unspecified atom stereocenters. The van der Waals surface area contributed by atoms with Crippen molar-refractivity contribution in [3.63, 3.8) is 0 Å². The molecule has 0 aliphatic carbocycles. The number of amides is 1. The minimum atomic E-state index is -0.490. The van der Waals surface area contributed by atoms with Gasteiger partial charge in [0.2, 0.25) is 0 Å². The van der Waals surface area contributed by atoms with E-state index in [1.54, 1.807) is 23.1 Å². The van der Waals surface area contributed by atoms with Crippen molar-refractivity contribution in [3.05, 3.63) is 63.5 Å². The zero-order chi connectivity index (χ0) is 22.8. The van der Waals surface area contributed by atoms with Gasteiger partial charge in [0.05, 0.1) is 21.9 Å². The maximum Gasteiger partial charge on any atom is 0.270 e. The van der Waals surface area contributed by atoms with Crippen LogP contribution in [0.4, 0.5) is 21.5 Å². The molecular weight excluding hydrogens is 415 g/mol. The number of non-ortho nitro benzene ring substituents is 1. The van der Waals surface area contributed by atoms with Crippen molar-refractivity contribution < 1.29 is 18.9 Å². The Bertz CT molecular complexity index is 1060. The van der Waals surface area contributed by atoms with Crippen molar-refractivity contribution in [2.24, 2.45) is 0 Å². The summed E-state index contributed by atoms with van der Waals surface area (Å²) in [7, 11) is 0. The normalized spacial score (nSPS) is 16.4. The lowest BCUT2D eigenvalue weighted by Gasteiger charge is -2.36. The van der Waals surface area contributed by atoms with Gasteiger partial charge in [-0.25, -0.2) is 4.39 Å². The molecule has 2 aliphatic heterocycles. The van der Waals surface area contributed by atoms with Crippen molar-refractivity contribution in [2.45, 2.75) is 19.8 Å². The van der Waals surface area contributed by atoms with E-state index < -0.39 is 10.7 Å². The predicted octanol–water partition coefficient (Wildman–Crippen LogP) is 3.50. The Labute approximate surface area is 185 Å². The van der Waals surface area contributed by atoms with Crippen LogP contribution in [0.5, 0.6) is 0 Å². The molecule has 4 rings (SSSR count). The fourth-order valence-corrected chi connectivity index (χ4v) is 4.35. The average Bonchev–Trinajstić information content (AvgIpc) is 3.33. The van der Waals surface area contributed by atoms with Crippen molar-refractivity contribution in [1.29, 1.82) is 0 Å². The Morgan fingerprint density at radius 1 is 0.906 bits per heavy atom. The van der Waals surface area contributed by atoms with Gasteiger partial charge in [0.1, 0.15) is 5.82 Å². The molecule has 0 aromatic heterocycles. The second-order valence-electron chi connectivity index (χ2n) is 8.15. The Balaban J connectivity index is 1.51. The van der Waals surface area contributed by atoms with Crippen LogP contribution in [-0.2, 0) is 0 Å². The van der Waals surface area contributed by atoms with Crippen LogP contribution in [0.15, 0.2) is 36.4 Å². The highest BCUT2D eigenvalue weighted by Gasteiger charge is 2.28. The number of benzene rings is 2.